The third kappa shape index (κ3) is 8.61. The fraction of sp³-hybridized carbons (Fsp3) is 0.200. The molecule has 0 amide bonds. The minimum absolute atomic E-state index is 0.00162. The van der Waals surface area contributed by atoms with Gasteiger partial charge in [0.2, 0.25) is 0 Å². The van der Waals surface area contributed by atoms with E-state index >= 15 is 0 Å². The van der Waals surface area contributed by atoms with Crippen LogP contribution in [0.15, 0.2) is 114 Å². The number of thiophene rings is 1. The predicted octanol–water partition coefficient (Wildman–Crippen LogP) is 11.0. The number of thiazole rings is 1. The first-order valence-electron chi connectivity index (χ1n) is 18.0. The lowest BCUT2D eigenvalue weighted by molar-refractivity contribution is -0.132. The summed E-state index contributed by atoms with van der Waals surface area (Å²) in [6.07, 6.45) is 6.77. The van der Waals surface area contributed by atoms with E-state index in [4.69, 9.17) is 25.2 Å². The van der Waals surface area contributed by atoms with Gasteiger partial charge in [0.1, 0.15) is 22.4 Å². The van der Waals surface area contributed by atoms with E-state index < -0.39 is 5.97 Å². The number of hydrazone groups is 1. The van der Waals surface area contributed by atoms with Crippen molar-refractivity contribution >= 4 is 56.3 Å². The van der Waals surface area contributed by atoms with Crippen LogP contribution in [-0.4, -0.2) is 28.4 Å². The van der Waals surface area contributed by atoms with Gasteiger partial charge in [-0.2, -0.15) is 10.4 Å². The van der Waals surface area contributed by atoms with E-state index in [2.05, 4.69) is 103 Å². The maximum absolute atomic E-state index is 11.2. The topological polar surface area (TPSA) is 98.8 Å². The molecule has 54 heavy (non-hydrogen) atoms. The average molecular weight is 747 g/mol. The molecule has 9 heteroatoms. The number of carboxylic acids is 1. The fourth-order valence-corrected chi connectivity index (χ4v) is 8.16. The van der Waals surface area contributed by atoms with Crippen molar-refractivity contribution in [1.82, 2.24) is 4.98 Å². The Balaban J connectivity index is 1.12. The van der Waals surface area contributed by atoms with Crippen LogP contribution in [0.25, 0.3) is 26.9 Å². The van der Waals surface area contributed by atoms with Crippen LogP contribution >= 0.6 is 22.7 Å². The number of hydrogen-bond acceptors (Lipinski definition) is 8. The number of anilines is 1. The first-order chi connectivity index (χ1) is 26.4. The number of aliphatic carboxylic acids is 1. The van der Waals surface area contributed by atoms with E-state index in [1.807, 2.05) is 18.2 Å². The lowest BCUT2D eigenvalue weighted by Gasteiger charge is -2.24. The Hall–Kier alpha value is -6.00. The average Bonchev–Trinajstić information content (AvgIpc) is 3.96. The van der Waals surface area contributed by atoms with Crippen molar-refractivity contribution in [3.8, 4) is 34.2 Å². The van der Waals surface area contributed by atoms with Gasteiger partial charge < -0.3 is 9.84 Å². The molecule has 1 atom stereocenters. The Morgan fingerprint density at radius 3 is 2.48 bits per heavy atom. The van der Waals surface area contributed by atoms with Crippen molar-refractivity contribution in [2.45, 2.75) is 52.0 Å². The smallest absolute Gasteiger partial charge is 0.346 e. The summed E-state index contributed by atoms with van der Waals surface area (Å²) in [5.41, 5.74) is 7.61. The molecule has 1 unspecified atom stereocenters. The molecule has 0 saturated carbocycles. The number of aryl methyl sites for hydroxylation is 1. The van der Waals surface area contributed by atoms with E-state index in [0.717, 1.165) is 73.6 Å². The molecule has 1 aliphatic rings. The molecule has 7 nitrogen and oxygen atoms in total. The number of nitrogens with zero attached hydrogens (tertiary/aromatic N) is 4. The maximum Gasteiger partial charge on any atom is 0.346 e. The van der Waals surface area contributed by atoms with Crippen LogP contribution in [0, 0.1) is 30.1 Å². The number of unbranched alkanes of at least 4 members (excludes halogenated alkanes) is 3. The van der Waals surface area contributed by atoms with Gasteiger partial charge in [-0.15, -0.1) is 22.7 Å². The van der Waals surface area contributed by atoms with Crippen molar-refractivity contribution in [2.75, 3.05) is 11.6 Å². The second kappa shape index (κ2) is 16.8. The summed E-state index contributed by atoms with van der Waals surface area (Å²) in [5.74, 6) is 6.11. The molecule has 268 valence electrons. The van der Waals surface area contributed by atoms with Gasteiger partial charge in [-0.1, -0.05) is 68.4 Å². The van der Waals surface area contributed by atoms with E-state index in [9.17, 15) is 4.79 Å². The molecule has 1 aliphatic heterocycles. The molecular weight excluding hydrogens is 709 g/mol. The third-order valence-corrected chi connectivity index (χ3v) is 11.3. The van der Waals surface area contributed by atoms with E-state index in [0.29, 0.717) is 5.56 Å². The van der Waals surface area contributed by atoms with Gasteiger partial charge in [0.15, 0.2) is 0 Å². The minimum Gasteiger partial charge on any atom is -0.494 e. The molecule has 1 N–H and O–H groups in total. The van der Waals surface area contributed by atoms with Crippen LogP contribution < -0.4 is 9.75 Å². The number of hydrogen-bond donors (Lipinski definition) is 1. The highest BCUT2D eigenvalue weighted by molar-refractivity contribution is 7.21. The van der Waals surface area contributed by atoms with Gasteiger partial charge in [0.25, 0.3) is 0 Å². The zero-order valence-electron chi connectivity index (χ0n) is 30.1. The molecule has 3 heterocycles. The van der Waals surface area contributed by atoms with Gasteiger partial charge in [-0.3, -0.25) is 5.01 Å². The van der Waals surface area contributed by atoms with Crippen LogP contribution in [-0.2, 0) is 4.79 Å². The lowest BCUT2D eigenvalue weighted by Crippen LogP contribution is -2.18. The molecule has 4 aromatic carbocycles. The molecule has 2 aromatic heterocycles. The number of carboxylic acid groups (broad SMARTS) is 1. The van der Waals surface area contributed by atoms with E-state index in [1.54, 1.807) is 40.9 Å². The van der Waals surface area contributed by atoms with Gasteiger partial charge in [0, 0.05) is 17.5 Å². The normalized spacial score (nSPS) is 14.0. The Morgan fingerprint density at radius 2 is 1.74 bits per heavy atom. The summed E-state index contributed by atoms with van der Waals surface area (Å²) < 4.78 is 7.24. The Labute approximate surface area is 323 Å². The Bertz CT molecular complexity index is 2440. The molecule has 0 fully saturated rings. The number of rotatable bonds is 12. The molecule has 0 bridgehead atoms. The van der Waals surface area contributed by atoms with Crippen LogP contribution in [0.4, 0.5) is 5.69 Å². The van der Waals surface area contributed by atoms with Crippen molar-refractivity contribution in [3.63, 3.8) is 0 Å². The predicted molar refractivity (Wildman–Crippen MR) is 220 cm³/mol. The minimum atomic E-state index is -1.25. The third-order valence-electron chi connectivity index (χ3n) is 9.16. The largest absolute Gasteiger partial charge is 0.494 e. The van der Waals surface area contributed by atoms with Crippen molar-refractivity contribution < 1.29 is 14.6 Å². The second-order valence-electron chi connectivity index (χ2n) is 13.1. The Kier molecular flexibility index (Phi) is 11.3. The highest BCUT2D eigenvalue weighted by Crippen LogP contribution is 2.39. The monoisotopic (exact) mass is 746 g/mol. The first-order valence-corrected chi connectivity index (χ1v) is 19.6. The molecule has 6 aromatic rings. The molecule has 7 rings (SSSR count). The number of aromatic nitrogens is 1. The van der Waals surface area contributed by atoms with E-state index in [1.165, 1.54) is 35.6 Å². The van der Waals surface area contributed by atoms with Crippen LogP contribution in [0.2, 0.25) is 0 Å². The summed E-state index contributed by atoms with van der Waals surface area (Å²) in [6, 6.07) is 36.3. The summed E-state index contributed by atoms with van der Waals surface area (Å²) in [7, 11) is 0. The highest BCUT2D eigenvalue weighted by Gasteiger charge is 2.31. The summed E-state index contributed by atoms with van der Waals surface area (Å²) >= 11 is 3.32. The van der Waals surface area contributed by atoms with E-state index in [-0.39, 0.29) is 11.6 Å². The summed E-state index contributed by atoms with van der Waals surface area (Å²) in [4.78, 5) is 18.1. The van der Waals surface area contributed by atoms with Gasteiger partial charge in [-0.25, -0.2) is 9.78 Å². The van der Waals surface area contributed by atoms with Crippen molar-refractivity contribution in [2.24, 2.45) is 5.10 Å². The zero-order chi connectivity index (χ0) is 37.4. The number of ether oxygens (including phenoxy) is 1. The molecular formula is C45H38N4O3S2. The van der Waals surface area contributed by atoms with Gasteiger partial charge >= 0.3 is 5.97 Å². The number of nitriles is 1. The standard InChI is InChI=1S/C45H38N4O3S2/c1-3-4-5-6-25-52-37-19-15-33(16-20-37)41-28-40(42-24-22-38(53-42)21-12-31-8-10-32(11-9-31)27-35(29-46)45(50)51)48-49(41)36-17-13-34(14-18-36)44-47-39-23-7-30(2)26-43(39)54-44/h7-11,13-20,22-24,26-27,41H,3-6,25,28H2,1-2H3,(H,50,51)/b35-27+. The van der Waals surface area contributed by atoms with Crippen LogP contribution in [0.3, 0.4) is 0 Å². The molecule has 0 radical (unpaired) electrons. The second-order valence-corrected chi connectivity index (χ2v) is 15.3. The number of carbonyl (C=O) groups is 1. The maximum atomic E-state index is 11.2. The SMILES string of the molecule is CCCCCCOc1ccc(C2CC(c3ccc(C#Cc4ccc(/C=C(\C#N)C(=O)O)cc4)s3)=NN2c2ccc(-c3nc4ccc(C)cc4s3)cc2)cc1. The lowest BCUT2D eigenvalue weighted by atomic mass is 10.0. The number of benzene rings is 4. The van der Waals surface area contributed by atoms with Crippen molar-refractivity contribution in [3.05, 3.63) is 141 Å². The summed E-state index contributed by atoms with van der Waals surface area (Å²) in [6.45, 7) is 5.05. The molecule has 0 saturated heterocycles. The Morgan fingerprint density at radius 1 is 0.944 bits per heavy atom. The van der Waals surface area contributed by atoms with Crippen LogP contribution in [0.1, 0.15) is 77.1 Å². The summed E-state index contributed by atoms with van der Waals surface area (Å²) in [5, 5.41) is 26.5. The highest BCUT2D eigenvalue weighted by atomic mass is 32.1. The van der Waals surface area contributed by atoms with Gasteiger partial charge in [-0.05, 0) is 109 Å². The fourth-order valence-electron chi connectivity index (χ4n) is 6.24. The first kappa shape index (κ1) is 36.4. The van der Waals surface area contributed by atoms with Gasteiger partial charge in [0.05, 0.1) is 44.0 Å². The van der Waals surface area contributed by atoms with Crippen LogP contribution in [0.5, 0.6) is 5.75 Å². The molecule has 0 aliphatic carbocycles. The van der Waals surface area contributed by atoms with Crippen molar-refractivity contribution in [1.29, 1.82) is 5.26 Å². The zero-order valence-corrected chi connectivity index (χ0v) is 31.7. The quantitative estimate of drug-likeness (QED) is 0.0579. The molecule has 0 spiro atoms. The number of fused-ring (bicyclic) bond motifs is 1.